The summed E-state index contributed by atoms with van der Waals surface area (Å²) in [7, 11) is 0. The molecule has 6 nitrogen and oxygen atoms in total. The summed E-state index contributed by atoms with van der Waals surface area (Å²) < 4.78 is 1.36. The lowest BCUT2D eigenvalue weighted by Crippen LogP contribution is -2.16. The fraction of sp³-hybridized carbons (Fsp3) is 0.600. The molecule has 0 spiro atoms. The molecule has 1 N–H and O–H groups in total. The van der Waals surface area contributed by atoms with E-state index in [-0.39, 0.29) is 0 Å². The molecule has 0 aromatic carbocycles. The topological polar surface area (TPSA) is 80.9 Å². The third-order valence-corrected chi connectivity index (χ3v) is 1.78. The minimum absolute atomic E-state index is 0.556. The maximum Gasteiger partial charge on any atom is 0.328 e. The zero-order chi connectivity index (χ0) is 7.84. The number of rotatable bonds is 1. The summed E-state index contributed by atoms with van der Waals surface area (Å²) in [5.41, 5.74) is 0. The number of aliphatic carboxylic acids is 1. The van der Waals surface area contributed by atoms with Crippen LogP contribution < -0.4 is 0 Å². The number of fused-ring (bicyclic) bond motifs is 1. The molecule has 0 saturated carbocycles. The Hall–Kier alpha value is -1.46. The normalized spacial score (nSPS) is 21.6. The van der Waals surface area contributed by atoms with Crippen LogP contribution >= 0.6 is 0 Å². The molecule has 1 aliphatic rings. The molecule has 0 unspecified atom stereocenters. The lowest BCUT2D eigenvalue weighted by Gasteiger charge is -2.01. The summed E-state index contributed by atoms with van der Waals surface area (Å²) in [6.45, 7) is 0. The highest BCUT2D eigenvalue weighted by molar-refractivity contribution is 5.72. The van der Waals surface area contributed by atoms with Gasteiger partial charge in [0.15, 0.2) is 11.9 Å². The SMILES string of the molecule is O=C(O)[C@H]1CCc2nnnn21. The van der Waals surface area contributed by atoms with E-state index in [0.29, 0.717) is 18.7 Å². The molecule has 0 saturated heterocycles. The van der Waals surface area contributed by atoms with Crippen LogP contribution in [0.15, 0.2) is 0 Å². The predicted octanol–water partition coefficient (Wildman–Crippen LogP) is -0.755. The molecule has 2 rings (SSSR count). The van der Waals surface area contributed by atoms with E-state index in [2.05, 4.69) is 15.5 Å². The van der Waals surface area contributed by atoms with Gasteiger partial charge in [0.25, 0.3) is 0 Å². The highest BCUT2D eigenvalue weighted by atomic mass is 16.4. The van der Waals surface area contributed by atoms with Crippen LogP contribution in [0.1, 0.15) is 18.3 Å². The van der Waals surface area contributed by atoms with Crippen LogP contribution in [0.5, 0.6) is 0 Å². The molecule has 0 bridgehead atoms. The number of carboxylic acids is 1. The number of aromatic nitrogens is 4. The zero-order valence-electron chi connectivity index (χ0n) is 5.64. The van der Waals surface area contributed by atoms with Crippen molar-refractivity contribution in [2.45, 2.75) is 18.9 Å². The van der Waals surface area contributed by atoms with E-state index in [1.807, 2.05) is 0 Å². The summed E-state index contributed by atoms with van der Waals surface area (Å²) in [4.78, 5) is 10.5. The van der Waals surface area contributed by atoms with Crippen molar-refractivity contribution in [2.24, 2.45) is 0 Å². The van der Waals surface area contributed by atoms with Crippen molar-refractivity contribution in [3.05, 3.63) is 5.82 Å². The van der Waals surface area contributed by atoms with Gasteiger partial charge in [0, 0.05) is 6.42 Å². The van der Waals surface area contributed by atoms with Gasteiger partial charge in [-0.25, -0.2) is 9.48 Å². The van der Waals surface area contributed by atoms with E-state index in [1.165, 1.54) is 4.68 Å². The quantitative estimate of drug-likeness (QED) is 0.575. The molecule has 1 aromatic rings. The van der Waals surface area contributed by atoms with Crippen molar-refractivity contribution in [3.8, 4) is 0 Å². The molecule has 0 amide bonds. The van der Waals surface area contributed by atoms with Gasteiger partial charge in [0.2, 0.25) is 0 Å². The first-order valence-corrected chi connectivity index (χ1v) is 3.28. The molecule has 11 heavy (non-hydrogen) atoms. The molecule has 0 aliphatic carbocycles. The highest BCUT2D eigenvalue weighted by Gasteiger charge is 2.30. The number of aryl methyl sites for hydroxylation is 1. The van der Waals surface area contributed by atoms with Gasteiger partial charge in [-0.3, -0.25) is 0 Å². The van der Waals surface area contributed by atoms with E-state index in [4.69, 9.17) is 5.11 Å². The lowest BCUT2D eigenvalue weighted by molar-refractivity contribution is -0.141. The Morgan fingerprint density at radius 3 is 3.27 bits per heavy atom. The summed E-state index contributed by atoms with van der Waals surface area (Å²) in [6.07, 6.45) is 1.23. The van der Waals surface area contributed by atoms with Gasteiger partial charge in [-0.1, -0.05) is 0 Å². The van der Waals surface area contributed by atoms with E-state index in [1.54, 1.807) is 0 Å². The third kappa shape index (κ3) is 0.787. The first kappa shape index (κ1) is 6.26. The number of hydrogen-bond donors (Lipinski definition) is 1. The van der Waals surface area contributed by atoms with Gasteiger partial charge in [-0.05, 0) is 16.8 Å². The lowest BCUT2D eigenvalue weighted by atomic mass is 10.2. The van der Waals surface area contributed by atoms with Crippen molar-refractivity contribution in [3.63, 3.8) is 0 Å². The summed E-state index contributed by atoms with van der Waals surface area (Å²) >= 11 is 0. The van der Waals surface area contributed by atoms with Crippen molar-refractivity contribution in [1.82, 2.24) is 20.2 Å². The summed E-state index contributed by atoms with van der Waals surface area (Å²) in [5.74, 6) is -0.201. The van der Waals surface area contributed by atoms with Gasteiger partial charge >= 0.3 is 5.97 Å². The first-order valence-electron chi connectivity index (χ1n) is 3.28. The standard InChI is InChI=1S/C5H6N4O2/c10-5(11)3-1-2-4-6-7-8-9(3)4/h3H,1-2H2,(H,10,11)/t3-/m1/s1. The van der Waals surface area contributed by atoms with Crippen molar-refractivity contribution >= 4 is 5.97 Å². The van der Waals surface area contributed by atoms with E-state index in [9.17, 15) is 4.79 Å². The van der Waals surface area contributed by atoms with Crippen LogP contribution in [0.3, 0.4) is 0 Å². The van der Waals surface area contributed by atoms with Crippen molar-refractivity contribution in [2.75, 3.05) is 0 Å². The molecular weight excluding hydrogens is 148 g/mol. The van der Waals surface area contributed by atoms with Gasteiger partial charge in [-0.2, -0.15) is 0 Å². The fourth-order valence-electron chi connectivity index (χ4n) is 1.24. The fourth-order valence-corrected chi connectivity index (χ4v) is 1.24. The Morgan fingerprint density at radius 2 is 2.55 bits per heavy atom. The van der Waals surface area contributed by atoms with Crippen molar-refractivity contribution in [1.29, 1.82) is 0 Å². The summed E-state index contributed by atoms with van der Waals surface area (Å²) in [5, 5.41) is 19.3. The molecular formula is C5H6N4O2. The number of hydrogen-bond acceptors (Lipinski definition) is 4. The third-order valence-electron chi connectivity index (χ3n) is 1.78. The number of nitrogens with zero attached hydrogens (tertiary/aromatic N) is 4. The van der Waals surface area contributed by atoms with Gasteiger partial charge in [0.1, 0.15) is 0 Å². The molecule has 0 fully saturated rings. The van der Waals surface area contributed by atoms with E-state index >= 15 is 0 Å². The Morgan fingerprint density at radius 1 is 1.73 bits per heavy atom. The van der Waals surface area contributed by atoms with Crippen LogP contribution in [0.2, 0.25) is 0 Å². The molecule has 58 valence electrons. The molecule has 2 heterocycles. The monoisotopic (exact) mass is 154 g/mol. The Balaban J connectivity index is 2.38. The largest absolute Gasteiger partial charge is 0.480 e. The number of tetrazole rings is 1. The number of carbonyl (C=O) groups is 1. The molecule has 0 radical (unpaired) electrons. The zero-order valence-corrected chi connectivity index (χ0v) is 5.64. The smallest absolute Gasteiger partial charge is 0.328 e. The molecule has 1 atom stereocenters. The second kappa shape index (κ2) is 2.01. The second-order valence-corrected chi connectivity index (χ2v) is 2.43. The summed E-state index contributed by atoms with van der Waals surface area (Å²) in [6, 6.07) is -0.556. The van der Waals surface area contributed by atoms with Gasteiger partial charge < -0.3 is 5.11 Å². The predicted molar refractivity (Wildman–Crippen MR) is 32.8 cm³/mol. The second-order valence-electron chi connectivity index (χ2n) is 2.43. The van der Waals surface area contributed by atoms with Crippen molar-refractivity contribution < 1.29 is 9.90 Å². The van der Waals surface area contributed by atoms with E-state index in [0.717, 1.165) is 0 Å². The Labute approximate surface area is 61.8 Å². The average Bonchev–Trinajstić information content (AvgIpc) is 2.41. The van der Waals surface area contributed by atoms with Crippen LogP contribution in [0, 0.1) is 0 Å². The maximum absolute atomic E-state index is 10.5. The first-order chi connectivity index (χ1) is 5.29. The Kier molecular flexibility index (Phi) is 1.14. The highest BCUT2D eigenvalue weighted by Crippen LogP contribution is 2.21. The average molecular weight is 154 g/mol. The van der Waals surface area contributed by atoms with Crippen LogP contribution in [0.4, 0.5) is 0 Å². The minimum atomic E-state index is -0.865. The van der Waals surface area contributed by atoms with E-state index < -0.39 is 12.0 Å². The van der Waals surface area contributed by atoms with Crippen LogP contribution in [-0.2, 0) is 11.2 Å². The maximum atomic E-state index is 10.5. The van der Waals surface area contributed by atoms with Crippen LogP contribution in [-0.4, -0.2) is 31.3 Å². The van der Waals surface area contributed by atoms with Gasteiger partial charge in [-0.15, -0.1) is 5.10 Å². The Bertz CT molecular complexity index is 294. The molecule has 1 aliphatic heterocycles. The molecule has 1 aromatic heterocycles. The number of carboxylic acid groups (broad SMARTS) is 1. The van der Waals surface area contributed by atoms with Gasteiger partial charge in [0.05, 0.1) is 0 Å². The minimum Gasteiger partial charge on any atom is -0.480 e. The van der Waals surface area contributed by atoms with Crippen LogP contribution in [0.25, 0.3) is 0 Å². The molecule has 6 heteroatoms.